The number of hydrogen-bond acceptors (Lipinski definition) is 5. The van der Waals surface area contributed by atoms with Crippen LogP contribution in [0.1, 0.15) is 37.1 Å². The summed E-state index contributed by atoms with van der Waals surface area (Å²) in [5, 5.41) is 2.70. The van der Waals surface area contributed by atoms with Gasteiger partial charge in [-0.3, -0.25) is 14.6 Å². The van der Waals surface area contributed by atoms with Gasteiger partial charge in [0.25, 0.3) is 0 Å². The SMILES string of the molecule is CC(=O)NCc1ccc([C@@H]2CCCN2C(=O)CNS(C)(=O)=O)nc1. The van der Waals surface area contributed by atoms with Crippen LogP contribution in [0.3, 0.4) is 0 Å². The average molecular weight is 354 g/mol. The summed E-state index contributed by atoms with van der Waals surface area (Å²) in [6.07, 6.45) is 4.35. The number of aromatic nitrogens is 1. The van der Waals surface area contributed by atoms with E-state index in [-0.39, 0.29) is 24.4 Å². The van der Waals surface area contributed by atoms with E-state index in [1.807, 2.05) is 12.1 Å². The lowest BCUT2D eigenvalue weighted by molar-refractivity contribution is -0.131. The summed E-state index contributed by atoms with van der Waals surface area (Å²) in [6, 6.07) is 3.57. The molecular formula is C15H22N4O4S. The summed E-state index contributed by atoms with van der Waals surface area (Å²) in [5.74, 6) is -0.364. The van der Waals surface area contributed by atoms with Crippen LogP contribution in [-0.4, -0.2) is 49.5 Å². The van der Waals surface area contributed by atoms with Gasteiger partial charge >= 0.3 is 0 Å². The van der Waals surface area contributed by atoms with Gasteiger partial charge in [0.2, 0.25) is 21.8 Å². The molecule has 1 aliphatic rings. The molecule has 0 radical (unpaired) electrons. The topological polar surface area (TPSA) is 108 Å². The van der Waals surface area contributed by atoms with E-state index in [1.54, 1.807) is 11.1 Å². The molecule has 2 heterocycles. The first-order chi connectivity index (χ1) is 11.3. The first-order valence-electron chi connectivity index (χ1n) is 7.69. The number of pyridine rings is 1. The minimum Gasteiger partial charge on any atom is -0.352 e. The maximum atomic E-state index is 12.2. The zero-order chi connectivity index (χ0) is 17.7. The van der Waals surface area contributed by atoms with Crippen molar-refractivity contribution in [2.24, 2.45) is 0 Å². The van der Waals surface area contributed by atoms with Crippen molar-refractivity contribution in [2.75, 3.05) is 19.3 Å². The Hall–Kier alpha value is -2.00. The van der Waals surface area contributed by atoms with E-state index in [0.29, 0.717) is 13.1 Å². The summed E-state index contributed by atoms with van der Waals surface area (Å²) >= 11 is 0. The van der Waals surface area contributed by atoms with Crippen molar-refractivity contribution >= 4 is 21.8 Å². The van der Waals surface area contributed by atoms with Crippen LogP contribution in [0.2, 0.25) is 0 Å². The third-order valence-electron chi connectivity index (χ3n) is 3.79. The van der Waals surface area contributed by atoms with E-state index in [1.165, 1.54) is 6.92 Å². The monoisotopic (exact) mass is 354 g/mol. The first-order valence-corrected chi connectivity index (χ1v) is 9.59. The van der Waals surface area contributed by atoms with Crippen LogP contribution in [0.4, 0.5) is 0 Å². The highest BCUT2D eigenvalue weighted by Crippen LogP contribution is 2.30. The Labute approximate surface area is 141 Å². The zero-order valence-corrected chi connectivity index (χ0v) is 14.6. The molecule has 9 heteroatoms. The van der Waals surface area contributed by atoms with Gasteiger partial charge in [-0.15, -0.1) is 0 Å². The highest BCUT2D eigenvalue weighted by atomic mass is 32.2. The lowest BCUT2D eigenvalue weighted by atomic mass is 10.1. The molecule has 2 rings (SSSR count). The fourth-order valence-electron chi connectivity index (χ4n) is 2.63. The largest absolute Gasteiger partial charge is 0.352 e. The fraction of sp³-hybridized carbons (Fsp3) is 0.533. The zero-order valence-electron chi connectivity index (χ0n) is 13.8. The lowest BCUT2D eigenvalue weighted by Gasteiger charge is -2.24. The van der Waals surface area contributed by atoms with Crippen molar-refractivity contribution in [3.63, 3.8) is 0 Å². The molecule has 8 nitrogen and oxygen atoms in total. The van der Waals surface area contributed by atoms with Crippen LogP contribution in [0.15, 0.2) is 18.3 Å². The second-order valence-electron chi connectivity index (χ2n) is 5.84. The van der Waals surface area contributed by atoms with E-state index in [9.17, 15) is 18.0 Å². The molecule has 0 spiro atoms. The van der Waals surface area contributed by atoms with Crippen molar-refractivity contribution in [3.8, 4) is 0 Å². The molecule has 1 fully saturated rings. The van der Waals surface area contributed by atoms with E-state index in [0.717, 1.165) is 30.4 Å². The molecule has 0 unspecified atom stereocenters. The minimum atomic E-state index is -3.40. The van der Waals surface area contributed by atoms with Crippen molar-refractivity contribution < 1.29 is 18.0 Å². The van der Waals surface area contributed by atoms with Crippen molar-refractivity contribution in [1.29, 1.82) is 0 Å². The summed E-state index contributed by atoms with van der Waals surface area (Å²) in [5.41, 5.74) is 1.65. The molecule has 0 aliphatic carbocycles. The Morgan fingerprint density at radius 1 is 1.38 bits per heavy atom. The maximum absolute atomic E-state index is 12.2. The minimum absolute atomic E-state index is 0.106. The van der Waals surface area contributed by atoms with Gasteiger partial charge in [0.1, 0.15) is 0 Å². The highest BCUT2D eigenvalue weighted by Gasteiger charge is 2.30. The number of amides is 2. The van der Waals surface area contributed by atoms with Crippen molar-refractivity contribution in [2.45, 2.75) is 32.4 Å². The van der Waals surface area contributed by atoms with Gasteiger partial charge < -0.3 is 10.2 Å². The van der Waals surface area contributed by atoms with Crippen LogP contribution in [0, 0.1) is 0 Å². The second-order valence-corrected chi connectivity index (χ2v) is 7.67. The first kappa shape index (κ1) is 18.3. The van der Waals surface area contributed by atoms with Gasteiger partial charge in [0.15, 0.2) is 0 Å². The number of nitrogens with zero attached hydrogens (tertiary/aromatic N) is 2. The van der Waals surface area contributed by atoms with E-state index in [4.69, 9.17) is 0 Å². The fourth-order valence-corrected chi connectivity index (χ4v) is 3.02. The molecule has 24 heavy (non-hydrogen) atoms. The highest BCUT2D eigenvalue weighted by molar-refractivity contribution is 7.88. The smallest absolute Gasteiger partial charge is 0.238 e. The van der Waals surface area contributed by atoms with E-state index >= 15 is 0 Å². The van der Waals surface area contributed by atoms with Gasteiger partial charge in [-0.2, -0.15) is 0 Å². The molecule has 1 aromatic heterocycles. The van der Waals surface area contributed by atoms with Crippen molar-refractivity contribution in [3.05, 3.63) is 29.6 Å². The number of likely N-dealkylation sites (tertiary alicyclic amines) is 1. The number of rotatable bonds is 6. The maximum Gasteiger partial charge on any atom is 0.238 e. The summed E-state index contributed by atoms with van der Waals surface area (Å²) in [7, 11) is -3.40. The van der Waals surface area contributed by atoms with Crippen LogP contribution in [0.25, 0.3) is 0 Å². The van der Waals surface area contributed by atoms with Crippen LogP contribution < -0.4 is 10.0 Å². The number of nitrogens with one attached hydrogen (secondary N) is 2. The number of carbonyl (C=O) groups is 2. The predicted molar refractivity (Wildman–Crippen MR) is 88.3 cm³/mol. The van der Waals surface area contributed by atoms with E-state index in [2.05, 4.69) is 15.0 Å². The normalized spacial score (nSPS) is 17.8. The van der Waals surface area contributed by atoms with Gasteiger partial charge in [0, 0.05) is 26.2 Å². The summed E-state index contributed by atoms with van der Waals surface area (Å²) in [4.78, 5) is 29.2. The standard InChI is InChI=1S/C15H22N4O4S/c1-11(20)16-8-12-5-6-13(17-9-12)14-4-3-7-19(14)15(21)10-18-24(2,22)23/h5-6,9,14,18H,3-4,7-8,10H2,1-2H3,(H,16,20)/t14-/m0/s1. The third kappa shape index (κ3) is 5.27. The molecular weight excluding hydrogens is 332 g/mol. The summed E-state index contributed by atoms with van der Waals surface area (Å²) < 4.78 is 24.5. The number of hydrogen-bond donors (Lipinski definition) is 2. The number of carbonyl (C=O) groups excluding carboxylic acids is 2. The number of sulfonamides is 1. The van der Waals surface area contributed by atoms with Gasteiger partial charge in [0.05, 0.1) is 24.5 Å². The van der Waals surface area contributed by atoms with Gasteiger partial charge in [-0.25, -0.2) is 13.1 Å². The molecule has 2 amide bonds. The summed E-state index contributed by atoms with van der Waals surface area (Å²) in [6.45, 7) is 2.21. The molecule has 1 saturated heterocycles. The predicted octanol–water partition coefficient (Wildman–Crippen LogP) is -0.0696. The Morgan fingerprint density at radius 3 is 2.71 bits per heavy atom. The van der Waals surface area contributed by atoms with Gasteiger partial charge in [-0.1, -0.05) is 6.07 Å². The van der Waals surface area contributed by atoms with Crippen LogP contribution in [-0.2, 0) is 26.2 Å². The Bertz CT molecular complexity index is 703. The molecule has 1 aliphatic heterocycles. The van der Waals surface area contributed by atoms with Crippen LogP contribution >= 0.6 is 0 Å². The second kappa shape index (κ2) is 7.71. The molecule has 1 aromatic rings. The third-order valence-corrected chi connectivity index (χ3v) is 4.46. The Balaban J connectivity index is 2.01. The molecule has 0 bridgehead atoms. The molecule has 0 aromatic carbocycles. The molecule has 1 atom stereocenters. The van der Waals surface area contributed by atoms with Crippen molar-refractivity contribution in [1.82, 2.24) is 19.9 Å². The lowest BCUT2D eigenvalue weighted by Crippen LogP contribution is -2.39. The molecule has 2 N–H and O–H groups in total. The van der Waals surface area contributed by atoms with Crippen LogP contribution in [0.5, 0.6) is 0 Å². The Morgan fingerprint density at radius 2 is 2.12 bits per heavy atom. The Kier molecular flexibility index (Phi) is 5.89. The van der Waals surface area contributed by atoms with E-state index < -0.39 is 10.0 Å². The average Bonchev–Trinajstić information content (AvgIpc) is 3.00. The molecule has 132 valence electrons. The quantitative estimate of drug-likeness (QED) is 0.743. The molecule has 0 saturated carbocycles. The van der Waals surface area contributed by atoms with Gasteiger partial charge in [-0.05, 0) is 24.5 Å².